The topological polar surface area (TPSA) is 67.9 Å². The summed E-state index contributed by atoms with van der Waals surface area (Å²) in [5.41, 5.74) is -0.512. The van der Waals surface area contributed by atoms with Gasteiger partial charge in [0.1, 0.15) is 11.5 Å². The van der Waals surface area contributed by atoms with E-state index in [1.807, 2.05) is 0 Å². The van der Waals surface area contributed by atoms with E-state index in [1.165, 1.54) is 4.90 Å². The van der Waals surface area contributed by atoms with Crippen LogP contribution in [0.15, 0.2) is 48.5 Å². The van der Waals surface area contributed by atoms with Crippen molar-refractivity contribution in [2.24, 2.45) is 0 Å². The maximum Gasteiger partial charge on any atom is 0.266 e. The standard InChI is InChI=1S/C20H23ClN2O4/c1-20(2,27-17-9-5-14(21)6-10-17)19(25)23(3)13-18(24)22-15-7-11-16(26-4)12-8-15/h5-12H,13H2,1-4H3,(H,22,24). The number of benzene rings is 2. The van der Waals surface area contributed by atoms with Crippen LogP contribution in [0.1, 0.15) is 13.8 Å². The molecule has 0 unspecified atom stereocenters. The summed E-state index contributed by atoms with van der Waals surface area (Å²) in [6.45, 7) is 3.21. The van der Waals surface area contributed by atoms with Crippen molar-refractivity contribution in [3.05, 3.63) is 53.6 Å². The van der Waals surface area contributed by atoms with Crippen LogP contribution in [0.25, 0.3) is 0 Å². The molecule has 0 aromatic heterocycles. The van der Waals surface area contributed by atoms with Crippen LogP contribution in [-0.4, -0.2) is 43.0 Å². The normalized spacial score (nSPS) is 10.9. The molecule has 2 aromatic carbocycles. The minimum absolute atomic E-state index is 0.0989. The molecule has 0 aliphatic heterocycles. The van der Waals surface area contributed by atoms with Gasteiger partial charge in [0.05, 0.1) is 13.7 Å². The lowest BCUT2D eigenvalue weighted by atomic mass is 10.1. The van der Waals surface area contributed by atoms with E-state index in [9.17, 15) is 9.59 Å². The van der Waals surface area contributed by atoms with E-state index in [-0.39, 0.29) is 18.4 Å². The maximum absolute atomic E-state index is 12.7. The Morgan fingerprint density at radius 1 is 1.04 bits per heavy atom. The van der Waals surface area contributed by atoms with Gasteiger partial charge in [0, 0.05) is 17.8 Å². The van der Waals surface area contributed by atoms with Crippen LogP contribution < -0.4 is 14.8 Å². The van der Waals surface area contributed by atoms with Gasteiger partial charge in [0.25, 0.3) is 5.91 Å². The van der Waals surface area contributed by atoms with Crippen molar-refractivity contribution in [3.63, 3.8) is 0 Å². The Morgan fingerprint density at radius 3 is 2.15 bits per heavy atom. The fraction of sp³-hybridized carbons (Fsp3) is 0.300. The molecular weight excluding hydrogens is 368 g/mol. The fourth-order valence-corrected chi connectivity index (χ4v) is 2.59. The van der Waals surface area contributed by atoms with Gasteiger partial charge < -0.3 is 19.7 Å². The third kappa shape index (κ3) is 5.89. The zero-order valence-corrected chi connectivity index (χ0v) is 16.5. The molecule has 0 saturated heterocycles. The Hall–Kier alpha value is -2.73. The van der Waals surface area contributed by atoms with E-state index in [2.05, 4.69) is 5.32 Å². The molecule has 0 saturated carbocycles. The third-order valence-electron chi connectivity index (χ3n) is 3.80. The first-order chi connectivity index (χ1) is 12.7. The number of carbonyl (C=O) groups excluding carboxylic acids is 2. The van der Waals surface area contributed by atoms with Crippen LogP contribution in [0.4, 0.5) is 5.69 Å². The van der Waals surface area contributed by atoms with Gasteiger partial charge >= 0.3 is 0 Å². The lowest BCUT2D eigenvalue weighted by molar-refractivity contribution is -0.145. The molecule has 27 heavy (non-hydrogen) atoms. The number of rotatable bonds is 7. The second-order valence-corrected chi connectivity index (χ2v) is 6.94. The number of likely N-dealkylation sites (N-methyl/N-ethyl adjacent to an activating group) is 1. The summed E-state index contributed by atoms with van der Waals surface area (Å²) >= 11 is 5.85. The van der Waals surface area contributed by atoms with E-state index < -0.39 is 5.60 Å². The Kier molecular flexibility index (Phi) is 6.69. The van der Waals surface area contributed by atoms with Gasteiger partial charge in [0.15, 0.2) is 5.60 Å². The Morgan fingerprint density at radius 2 is 1.59 bits per heavy atom. The molecule has 0 fully saturated rings. The molecule has 0 spiro atoms. The molecular formula is C20H23ClN2O4. The molecule has 2 aromatic rings. The van der Waals surface area contributed by atoms with Crippen molar-refractivity contribution in [2.45, 2.75) is 19.4 Å². The number of amides is 2. The van der Waals surface area contributed by atoms with Gasteiger partial charge in [-0.25, -0.2) is 0 Å². The van der Waals surface area contributed by atoms with Gasteiger partial charge in [-0.1, -0.05) is 11.6 Å². The molecule has 7 heteroatoms. The van der Waals surface area contributed by atoms with E-state index in [4.69, 9.17) is 21.1 Å². The molecule has 0 bridgehead atoms. The van der Waals surface area contributed by atoms with E-state index in [0.717, 1.165) is 0 Å². The predicted octanol–water partition coefficient (Wildman–Crippen LogP) is 3.60. The molecule has 0 aliphatic rings. The number of anilines is 1. The van der Waals surface area contributed by atoms with Crippen molar-refractivity contribution in [3.8, 4) is 11.5 Å². The summed E-state index contributed by atoms with van der Waals surface area (Å²) in [6.07, 6.45) is 0. The Balaban J connectivity index is 1.94. The molecule has 2 rings (SSSR count). The summed E-state index contributed by atoms with van der Waals surface area (Å²) in [5.74, 6) is 0.593. The van der Waals surface area contributed by atoms with Crippen molar-refractivity contribution >= 4 is 29.1 Å². The maximum atomic E-state index is 12.7. The zero-order valence-electron chi connectivity index (χ0n) is 15.8. The molecule has 0 atom stereocenters. The largest absolute Gasteiger partial charge is 0.497 e. The second kappa shape index (κ2) is 8.77. The van der Waals surface area contributed by atoms with Crippen LogP contribution in [0.3, 0.4) is 0 Å². The molecule has 6 nitrogen and oxygen atoms in total. The highest BCUT2D eigenvalue weighted by atomic mass is 35.5. The van der Waals surface area contributed by atoms with Crippen LogP contribution in [0.2, 0.25) is 5.02 Å². The smallest absolute Gasteiger partial charge is 0.266 e. The number of ether oxygens (including phenoxy) is 2. The van der Waals surface area contributed by atoms with Crippen LogP contribution in [0, 0.1) is 0 Å². The lowest BCUT2D eigenvalue weighted by Crippen LogP contribution is -2.49. The summed E-state index contributed by atoms with van der Waals surface area (Å²) in [5, 5.41) is 3.32. The number of halogens is 1. The SMILES string of the molecule is COc1ccc(NC(=O)CN(C)C(=O)C(C)(C)Oc2ccc(Cl)cc2)cc1. The van der Waals surface area contributed by atoms with Gasteiger partial charge in [0.2, 0.25) is 5.91 Å². The average molecular weight is 391 g/mol. The Labute approximate surface area is 164 Å². The van der Waals surface area contributed by atoms with E-state index in [1.54, 1.807) is 76.5 Å². The molecule has 2 amide bonds. The van der Waals surface area contributed by atoms with Crippen molar-refractivity contribution in [2.75, 3.05) is 26.0 Å². The Bertz CT molecular complexity index is 789. The monoisotopic (exact) mass is 390 g/mol. The van der Waals surface area contributed by atoms with Gasteiger partial charge in [-0.15, -0.1) is 0 Å². The molecule has 1 N–H and O–H groups in total. The van der Waals surface area contributed by atoms with Crippen molar-refractivity contribution in [1.29, 1.82) is 0 Å². The number of nitrogens with zero attached hydrogens (tertiary/aromatic N) is 1. The highest BCUT2D eigenvalue weighted by Gasteiger charge is 2.33. The molecule has 0 radical (unpaired) electrons. The number of carbonyl (C=O) groups is 2. The minimum Gasteiger partial charge on any atom is -0.497 e. The summed E-state index contributed by atoms with van der Waals surface area (Å²) in [4.78, 5) is 26.2. The van der Waals surface area contributed by atoms with Crippen LogP contribution in [-0.2, 0) is 9.59 Å². The number of hydrogen-bond acceptors (Lipinski definition) is 4. The molecule has 144 valence electrons. The molecule has 0 heterocycles. The first-order valence-corrected chi connectivity index (χ1v) is 8.73. The highest BCUT2D eigenvalue weighted by Crippen LogP contribution is 2.22. The van der Waals surface area contributed by atoms with Gasteiger partial charge in [-0.3, -0.25) is 9.59 Å². The summed E-state index contributed by atoms with van der Waals surface area (Å²) < 4.78 is 10.8. The number of nitrogens with one attached hydrogen (secondary N) is 1. The zero-order chi connectivity index (χ0) is 20.0. The van der Waals surface area contributed by atoms with Crippen molar-refractivity contribution in [1.82, 2.24) is 4.90 Å². The third-order valence-corrected chi connectivity index (χ3v) is 4.05. The first-order valence-electron chi connectivity index (χ1n) is 8.35. The summed E-state index contributed by atoms with van der Waals surface area (Å²) in [6, 6.07) is 13.7. The van der Waals surface area contributed by atoms with Crippen LogP contribution in [0.5, 0.6) is 11.5 Å². The lowest BCUT2D eigenvalue weighted by Gasteiger charge is -2.29. The van der Waals surface area contributed by atoms with Gasteiger partial charge in [-0.2, -0.15) is 0 Å². The minimum atomic E-state index is -1.14. The predicted molar refractivity (Wildman–Crippen MR) is 105 cm³/mol. The van der Waals surface area contributed by atoms with Crippen LogP contribution >= 0.6 is 11.6 Å². The summed E-state index contributed by atoms with van der Waals surface area (Å²) in [7, 11) is 3.13. The number of methoxy groups -OCH3 is 1. The van der Waals surface area contributed by atoms with E-state index >= 15 is 0 Å². The highest BCUT2D eigenvalue weighted by molar-refractivity contribution is 6.30. The molecule has 0 aliphatic carbocycles. The second-order valence-electron chi connectivity index (χ2n) is 6.50. The fourth-order valence-electron chi connectivity index (χ4n) is 2.46. The first kappa shape index (κ1) is 20.6. The quantitative estimate of drug-likeness (QED) is 0.784. The number of hydrogen-bond donors (Lipinski definition) is 1. The van der Waals surface area contributed by atoms with Gasteiger partial charge in [-0.05, 0) is 62.4 Å². The van der Waals surface area contributed by atoms with E-state index in [0.29, 0.717) is 22.2 Å². The van der Waals surface area contributed by atoms with Crippen molar-refractivity contribution < 1.29 is 19.1 Å². The average Bonchev–Trinajstić information content (AvgIpc) is 2.63.